The zero-order valence-electron chi connectivity index (χ0n) is 6.91. The average molecular weight is 200 g/mol. The van der Waals surface area contributed by atoms with E-state index >= 15 is 0 Å². The molecule has 0 fully saturated rings. The normalized spacial score (nSPS) is 19.8. The molecule has 0 aliphatic carbocycles. The largest absolute Gasteiger partial charge is 0.412 e. The van der Waals surface area contributed by atoms with E-state index in [1.807, 2.05) is 0 Å². The topological polar surface area (TPSA) is 153 Å². The molecule has 0 bridgehead atoms. The Bertz CT molecular complexity index is 106. The first-order valence-electron chi connectivity index (χ1n) is 3.48. The fourth-order valence-electron chi connectivity index (χ4n) is 0.671. The molecule has 0 aromatic carbocycles. The molecule has 0 saturated carbocycles. The van der Waals surface area contributed by atoms with Crippen LogP contribution in [-0.2, 0) is 0 Å². The molecule has 0 aliphatic rings. The molecule has 0 aromatic rings. The summed E-state index contributed by atoms with van der Waals surface area (Å²) in [6.45, 7) is -1.45. The molecule has 0 saturated heterocycles. The zero-order valence-corrected chi connectivity index (χ0v) is 6.91. The van der Waals surface area contributed by atoms with E-state index in [4.69, 9.17) is 30.6 Å². The summed E-state index contributed by atoms with van der Waals surface area (Å²) in [6, 6.07) is 0. The van der Waals surface area contributed by atoms with Gasteiger partial charge in [0.15, 0.2) is 0 Å². The van der Waals surface area contributed by atoms with Gasteiger partial charge in [0.1, 0.15) is 24.4 Å². The third-order valence-electron chi connectivity index (χ3n) is 1.51. The third-order valence-corrected chi connectivity index (χ3v) is 1.51. The highest BCUT2D eigenvalue weighted by Crippen LogP contribution is 2.03. The molecule has 0 aliphatic heterocycles. The van der Waals surface area contributed by atoms with Crippen LogP contribution >= 0.6 is 0 Å². The molecule has 7 nitrogen and oxygen atoms in total. The van der Waals surface area contributed by atoms with Crippen molar-refractivity contribution in [1.29, 1.82) is 0 Å². The minimum atomic E-state index is -1.67. The van der Waals surface area contributed by atoms with Gasteiger partial charge in [-0.3, -0.25) is 0 Å². The van der Waals surface area contributed by atoms with Gasteiger partial charge in [-0.15, -0.1) is 0 Å². The van der Waals surface area contributed by atoms with Gasteiger partial charge >= 0.3 is 0 Å². The Kier molecular flexibility index (Phi) is 8.37. The smallest absolute Gasteiger partial charge is 0.111 e. The maximum atomic E-state index is 8.96. The van der Waals surface area contributed by atoms with Crippen LogP contribution in [-0.4, -0.2) is 73.7 Å². The summed E-state index contributed by atoms with van der Waals surface area (Å²) >= 11 is 0. The highest BCUT2D eigenvalue weighted by molar-refractivity contribution is 4.79. The van der Waals surface area contributed by atoms with Gasteiger partial charge in [-0.25, -0.2) is 0 Å². The summed E-state index contributed by atoms with van der Waals surface area (Å²) in [5.74, 6) is 0. The molecule has 0 aromatic heterocycles. The molecule has 7 heteroatoms. The molecule has 0 spiro atoms. The molecule has 0 rings (SSSR count). The van der Waals surface area contributed by atoms with Crippen LogP contribution in [0.4, 0.5) is 0 Å². The van der Waals surface area contributed by atoms with E-state index in [2.05, 4.69) is 0 Å². The van der Waals surface area contributed by atoms with Crippen molar-refractivity contribution in [1.82, 2.24) is 0 Å². The van der Waals surface area contributed by atoms with E-state index in [-0.39, 0.29) is 5.48 Å². The Balaban J connectivity index is 0. The van der Waals surface area contributed by atoms with Crippen LogP contribution in [0.3, 0.4) is 0 Å². The lowest BCUT2D eigenvalue weighted by Crippen LogP contribution is -2.46. The van der Waals surface area contributed by atoms with Crippen molar-refractivity contribution in [2.75, 3.05) is 13.2 Å². The Morgan fingerprint density at radius 1 is 0.692 bits per heavy atom. The molecule has 8 N–H and O–H groups in total. The molecule has 0 amide bonds. The van der Waals surface area contributed by atoms with E-state index in [0.717, 1.165) is 0 Å². The van der Waals surface area contributed by atoms with Crippen molar-refractivity contribution in [2.45, 2.75) is 24.4 Å². The lowest BCUT2D eigenvalue weighted by Gasteiger charge is -2.24. The lowest BCUT2D eigenvalue weighted by atomic mass is 10.0. The molecular formula is C6H16O7. The van der Waals surface area contributed by atoms with Crippen LogP contribution in [0, 0.1) is 0 Å². The maximum absolute atomic E-state index is 8.96. The zero-order chi connectivity index (χ0) is 9.72. The number of aliphatic hydroxyl groups excluding tert-OH is 6. The van der Waals surface area contributed by atoms with Crippen molar-refractivity contribution < 1.29 is 36.1 Å². The summed E-state index contributed by atoms with van der Waals surface area (Å²) in [5.41, 5.74) is 0. The number of hydrogen-bond donors (Lipinski definition) is 6. The van der Waals surface area contributed by atoms with Crippen LogP contribution in [0.25, 0.3) is 0 Å². The number of aliphatic hydroxyl groups is 6. The third kappa shape index (κ3) is 4.48. The summed E-state index contributed by atoms with van der Waals surface area (Å²) < 4.78 is 0. The van der Waals surface area contributed by atoms with Crippen molar-refractivity contribution in [3.05, 3.63) is 0 Å². The molecule has 0 heterocycles. The Morgan fingerprint density at radius 3 is 1.08 bits per heavy atom. The Hall–Kier alpha value is -0.280. The van der Waals surface area contributed by atoms with Crippen molar-refractivity contribution >= 4 is 0 Å². The standard InChI is InChI=1S/C6H14O6.H2O/c7-1-3(9)5(11)6(12)4(10)2-8;/h3-12H,1-2H2;1H2/t3-,4-,5+,6+;/m0./s1. The van der Waals surface area contributed by atoms with Crippen molar-refractivity contribution in [2.24, 2.45) is 0 Å². The summed E-state index contributed by atoms with van der Waals surface area (Å²) in [7, 11) is 0. The molecular weight excluding hydrogens is 184 g/mol. The molecule has 13 heavy (non-hydrogen) atoms. The first-order chi connectivity index (χ1) is 5.54. The average Bonchev–Trinajstić information content (AvgIpc) is 2.12. The molecule has 0 radical (unpaired) electrons. The van der Waals surface area contributed by atoms with Crippen LogP contribution in [0.2, 0.25) is 0 Å². The van der Waals surface area contributed by atoms with Crippen LogP contribution in [0.1, 0.15) is 0 Å². The quantitative estimate of drug-likeness (QED) is 0.263. The first kappa shape index (κ1) is 15.2. The van der Waals surface area contributed by atoms with Gasteiger partial charge in [0.05, 0.1) is 13.2 Å². The van der Waals surface area contributed by atoms with Gasteiger partial charge in [0.25, 0.3) is 0 Å². The van der Waals surface area contributed by atoms with Gasteiger partial charge in [0, 0.05) is 0 Å². The van der Waals surface area contributed by atoms with E-state index < -0.39 is 37.6 Å². The summed E-state index contributed by atoms with van der Waals surface area (Å²) in [6.07, 6.45) is -6.39. The number of rotatable bonds is 5. The SMILES string of the molecule is O.OC[C@H](O)[C@@H](O)[C@H](O)[C@@H](O)CO. The summed E-state index contributed by atoms with van der Waals surface area (Å²) in [4.78, 5) is 0. The summed E-state index contributed by atoms with van der Waals surface area (Å²) in [5, 5.41) is 52.2. The van der Waals surface area contributed by atoms with Crippen molar-refractivity contribution in [3.8, 4) is 0 Å². The minimum absolute atomic E-state index is 0. The van der Waals surface area contributed by atoms with E-state index in [1.165, 1.54) is 0 Å². The molecule has 4 atom stereocenters. The van der Waals surface area contributed by atoms with Crippen LogP contribution in [0.15, 0.2) is 0 Å². The van der Waals surface area contributed by atoms with Gasteiger partial charge in [-0.2, -0.15) is 0 Å². The second-order valence-corrected chi connectivity index (χ2v) is 2.48. The first-order valence-corrected chi connectivity index (χ1v) is 3.48. The van der Waals surface area contributed by atoms with Gasteiger partial charge in [-0.1, -0.05) is 0 Å². The van der Waals surface area contributed by atoms with E-state index in [1.54, 1.807) is 0 Å². The molecule has 0 unspecified atom stereocenters. The molecule has 82 valence electrons. The predicted molar refractivity (Wildman–Crippen MR) is 41.8 cm³/mol. The predicted octanol–water partition coefficient (Wildman–Crippen LogP) is -4.41. The fourth-order valence-corrected chi connectivity index (χ4v) is 0.671. The number of hydrogen-bond acceptors (Lipinski definition) is 6. The van der Waals surface area contributed by atoms with Gasteiger partial charge in [-0.05, 0) is 0 Å². The Labute approximate surface area is 74.8 Å². The lowest BCUT2D eigenvalue weighted by molar-refractivity contribution is -0.123. The highest BCUT2D eigenvalue weighted by atomic mass is 16.4. The second kappa shape index (κ2) is 7.15. The van der Waals surface area contributed by atoms with Gasteiger partial charge < -0.3 is 36.1 Å². The van der Waals surface area contributed by atoms with E-state index in [9.17, 15) is 0 Å². The van der Waals surface area contributed by atoms with Gasteiger partial charge in [0.2, 0.25) is 0 Å². The minimum Gasteiger partial charge on any atom is -0.412 e. The van der Waals surface area contributed by atoms with Crippen molar-refractivity contribution in [3.63, 3.8) is 0 Å². The van der Waals surface area contributed by atoms with Crippen LogP contribution in [0.5, 0.6) is 0 Å². The fraction of sp³-hybridized carbons (Fsp3) is 1.00. The van der Waals surface area contributed by atoms with Crippen LogP contribution < -0.4 is 0 Å². The highest BCUT2D eigenvalue weighted by Gasteiger charge is 2.29. The monoisotopic (exact) mass is 200 g/mol. The maximum Gasteiger partial charge on any atom is 0.111 e. The van der Waals surface area contributed by atoms with E-state index in [0.29, 0.717) is 0 Å². The Morgan fingerprint density at radius 2 is 0.923 bits per heavy atom. The second-order valence-electron chi connectivity index (χ2n) is 2.48.